The maximum absolute atomic E-state index is 10.1. The van der Waals surface area contributed by atoms with Gasteiger partial charge in [0.2, 0.25) is 0 Å². The van der Waals surface area contributed by atoms with Crippen LogP contribution in [-0.2, 0) is 6.42 Å². The monoisotopic (exact) mass is 327 g/mol. The fourth-order valence-electron chi connectivity index (χ4n) is 2.39. The maximum atomic E-state index is 10.1. The Morgan fingerprint density at radius 2 is 1.61 bits per heavy atom. The molecule has 0 saturated heterocycles. The number of para-hydroxylation sites is 2. The van der Waals surface area contributed by atoms with Crippen LogP contribution in [0, 0.1) is 0 Å². The van der Waals surface area contributed by atoms with E-state index in [0.29, 0.717) is 23.9 Å². The minimum absolute atomic E-state index is 0.318. The molecule has 118 valence electrons. The van der Waals surface area contributed by atoms with E-state index in [1.165, 1.54) is 5.56 Å². The van der Waals surface area contributed by atoms with Crippen LogP contribution >= 0.6 is 11.6 Å². The number of hydrogen-bond acceptors (Lipinski definition) is 4. The van der Waals surface area contributed by atoms with Crippen molar-refractivity contribution in [2.45, 2.75) is 18.9 Å². The molecule has 3 aromatic rings. The summed E-state index contributed by atoms with van der Waals surface area (Å²) in [6, 6.07) is 17.7. The average Bonchev–Trinajstić information content (AvgIpc) is 2.59. The molecule has 1 aromatic heterocycles. The highest BCUT2D eigenvalue weighted by Gasteiger charge is 2.09. The SMILES string of the molecule is O[C@H](CCc1ccccc1)CNc1nc2ccccc2nc1Cl. The van der Waals surface area contributed by atoms with Crippen molar-refractivity contribution in [3.05, 3.63) is 65.3 Å². The van der Waals surface area contributed by atoms with E-state index < -0.39 is 6.10 Å². The molecule has 1 heterocycles. The smallest absolute Gasteiger partial charge is 0.172 e. The first-order valence-corrected chi connectivity index (χ1v) is 7.98. The summed E-state index contributed by atoms with van der Waals surface area (Å²) in [7, 11) is 0. The second-order valence-corrected chi connectivity index (χ2v) is 5.77. The van der Waals surface area contributed by atoms with E-state index in [1.807, 2.05) is 42.5 Å². The first-order chi connectivity index (χ1) is 11.2. The molecule has 0 bridgehead atoms. The van der Waals surface area contributed by atoms with Gasteiger partial charge in [-0.1, -0.05) is 54.1 Å². The summed E-state index contributed by atoms with van der Waals surface area (Å²) in [5.41, 5.74) is 2.75. The van der Waals surface area contributed by atoms with Crippen molar-refractivity contribution in [2.75, 3.05) is 11.9 Å². The number of fused-ring (bicyclic) bond motifs is 1. The summed E-state index contributed by atoms with van der Waals surface area (Å²) in [5, 5.41) is 13.5. The molecule has 0 radical (unpaired) electrons. The number of aryl methyl sites for hydroxylation is 1. The van der Waals surface area contributed by atoms with Gasteiger partial charge in [-0.15, -0.1) is 0 Å². The van der Waals surface area contributed by atoms with Gasteiger partial charge in [0.15, 0.2) is 11.0 Å². The third kappa shape index (κ3) is 4.18. The van der Waals surface area contributed by atoms with E-state index in [1.54, 1.807) is 0 Å². The Balaban J connectivity index is 1.58. The van der Waals surface area contributed by atoms with Crippen molar-refractivity contribution >= 4 is 28.5 Å². The molecular weight excluding hydrogens is 310 g/mol. The van der Waals surface area contributed by atoms with Crippen LogP contribution < -0.4 is 5.32 Å². The zero-order valence-corrected chi connectivity index (χ0v) is 13.4. The minimum Gasteiger partial charge on any atom is -0.391 e. The second-order valence-electron chi connectivity index (χ2n) is 5.41. The predicted octanol–water partition coefficient (Wildman–Crippen LogP) is 3.69. The third-order valence-electron chi connectivity index (χ3n) is 3.64. The van der Waals surface area contributed by atoms with Crippen LogP contribution in [0.5, 0.6) is 0 Å². The topological polar surface area (TPSA) is 58.0 Å². The van der Waals surface area contributed by atoms with E-state index in [-0.39, 0.29) is 0 Å². The number of aromatic nitrogens is 2. The molecule has 0 saturated carbocycles. The molecule has 0 unspecified atom stereocenters. The molecule has 4 nitrogen and oxygen atoms in total. The standard InChI is InChI=1S/C18H18ClN3O/c19-17-18(22-16-9-5-4-8-15(16)21-17)20-12-14(23)11-10-13-6-2-1-3-7-13/h1-9,14,23H,10-12H2,(H,20,22)/t14-/m1/s1. The van der Waals surface area contributed by atoms with E-state index in [0.717, 1.165) is 17.5 Å². The molecule has 2 aromatic carbocycles. The quantitative estimate of drug-likeness (QED) is 0.725. The van der Waals surface area contributed by atoms with E-state index >= 15 is 0 Å². The average molecular weight is 328 g/mol. The fourth-order valence-corrected chi connectivity index (χ4v) is 2.59. The molecule has 5 heteroatoms. The third-order valence-corrected chi connectivity index (χ3v) is 3.91. The zero-order valence-electron chi connectivity index (χ0n) is 12.6. The number of aliphatic hydroxyl groups is 1. The summed E-state index contributed by atoms with van der Waals surface area (Å²) in [6.07, 6.45) is 1.04. The number of halogens is 1. The lowest BCUT2D eigenvalue weighted by molar-refractivity contribution is 0.177. The van der Waals surface area contributed by atoms with Gasteiger partial charge in [0, 0.05) is 6.54 Å². The number of aliphatic hydroxyl groups excluding tert-OH is 1. The Bertz CT molecular complexity index is 780. The first-order valence-electron chi connectivity index (χ1n) is 7.60. The second kappa shape index (κ2) is 7.40. The van der Waals surface area contributed by atoms with Gasteiger partial charge in [-0.25, -0.2) is 9.97 Å². The van der Waals surface area contributed by atoms with Gasteiger partial charge < -0.3 is 10.4 Å². The van der Waals surface area contributed by atoms with Crippen molar-refractivity contribution in [1.29, 1.82) is 0 Å². The number of rotatable bonds is 6. The molecule has 0 aliphatic rings. The van der Waals surface area contributed by atoms with Crippen molar-refractivity contribution in [3.63, 3.8) is 0 Å². The van der Waals surface area contributed by atoms with Gasteiger partial charge in [0.05, 0.1) is 17.1 Å². The zero-order chi connectivity index (χ0) is 16.1. The Morgan fingerprint density at radius 3 is 2.35 bits per heavy atom. The number of hydrogen-bond donors (Lipinski definition) is 2. The number of benzene rings is 2. The lowest BCUT2D eigenvalue weighted by Gasteiger charge is -2.13. The van der Waals surface area contributed by atoms with Gasteiger partial charge in [-0.2, -0.15) is 0 Å². The van der Waals surface area contributed by atoms with Crippen LogP contribution in [0.15, 0.2) is 54.6 Å². The van der Waals surface area contributed by atoms with Crippen molar-refractivity contribution < 1.29 is 5.11 Å². The van der Waals surface area contributed by atoms with Gasteiger partial charge in [0.25, 0.3) is 0 Å². The minimum atomic E-state index is -0.473. The number of nitrogens with zero attached hydrogens (tertiary/aromatic N) is 2. The molecule has 2 N–H and O–H groups in total. The fraction of sp³-hybridized carbons (Fsp3) is 0.222. The summed E-state index contributed by atoms with van der Waals surface area (Å²) in [6.45, 7) is 0.388. The van der Waals surface area contributed by atoms with Crippen LogP contribution in [0.3, 0.4) is 0 Å². The summed E-state index contributed by atoms with van der Waals surface area (Å²) in [4.78, 5) is 8.75. The molecule has 1 atom stereocenters. The molecule has 0 aliphatic carbocycles. The highest BCUT2D eigenvalue weighted by atomic mass is 35.5. The van der Waals surface area contributed by atoms with Gasteiger partial charge in [-0.05, 0) is 30.5 Å². The van der Waals surface area contributed by atoms with Crippen LogP contribution in [0.1, 0.15) is 12.0 Å². The van der Waals surface area contributed by atoms with Crippen molar-refractivity contribution in [2.24, 2.45) is 0 Å². The Labute approximate surface area is 140 Å². The lowest BCUT2D eigenvalue weighted by Crippen LogP contribution is -2.21. The highest BCUT2D eigenvalue weighted by molar-refractivity contribution is 6.32. The predicted molar refractivity (Wildman–Crippen MR) is 93.8 cm³/mol. The lowest BCUT2D eigenvalue weighted by atomic mass is 10.1. The van der Waals surface area contributed by atoms with E-state index in [4.69, 9.17) is 11.6 Å². The van der Waals surface area contributed by atoms with Crippen LogP contribution in [0.4, 0.5) is 5.82 Å². The van der Waals surface area contributed by atoms with Crippen LogP contribution in [0.2, 0.25) is 5.15 Å². The van der Waals surface area contributed by atoms with Crippen molar-refractivity contribution in [3.8, 4) is 0 Å². The molecule has 0 fully saturated rings. The Kier molecular flexibility index (Phi) is 5.05. The Morgan fingerprint density at radius 1 is 0.957 bits per heavy atom. The summed E-state index contributed by atoms with van der Waals surface area (Å²) < 4.78 is 0. The maximum Gasteiger partial charge on any atom is 0.172 e. The number of nitrogens with one attached hydrogen (secondary N) is 1. The largest absolute Gasteiger partial charge is 0.391 e. The van der Waals surface area contributed by atoms with Crippen LogP contribution in [-0.4, -0.2) is 27.7 Å². The number of anilines is 1. The Hall–Kier alpha value is -2.17. The molecule has 0 amide bonds. The molecule has 23 heavy (non-hydrogen) atoms. The molecular formula is C18H18ClN3O. The van der Waals surface area contributed by atoms with Crippen LogP contribution in [0.25, 0.3) is 11.0 Å². The van der Waals surface area contributed by atoms with Crippen molar-refractivity contribution in [1.82, 2.24) is 9.97 Å². The normalized spacial score (nSPS) is 12.3. The molecule has 3 rings (SSSR count). The highest BCUT2D eigenvalue weighted by Crippen LogP contribution is 2.21. The van der Waals surface area contributed by atoms with Gasteiger partial charge in [-0.3, -0.25) is 0 Å². The first kappa shape index (κ1) is 15.7. The molecule has 0 aliphatic heterocycles. The van der Waals surface area contributed by atoms with Gasteiger partial charge >= 0.3 is 0 Å². The van der Waals surface area contributed by atoms with E-state index in [2.05, 4.69) is 27.4 Å². The summed E-state index contributed by atoms with van der Waals surface area (Å²) >= 11 is 6.14. The molecule has 0 spiro atoms. The van der Waals surface area contributed by atoms with E-state index in [9.17, 15) is 5.11 Å². The summed E-state index contributed by atoms with van der Waals surface area (Å²) in [5.74, 6) is 0.504. The van der Waals surface area contributed by atoms with Gasteiger partial charge in [0.1, 0.15) is 0 Å².